The first-order chi connectivity index (χ1) is 6.18. The lowest BCUT2D eigenvalue weighted by molar-refractivity contribution is 0.251. The van der Waals surface area contributed by atoms with E-state index in [0.29, 0.717) is 5.92 Å². The minimum Gasteiger partial charge on any atom is -0.415 e. The van der Waals surface area contributed by atoms with Crippen molar-refractivity contribution in [2.75, 3.05) is 12.1 Å². The first-order valence-corrected chi connectivity index (χ1v) is 8.45. The molecule has 1 rings (SSSR count). The topological polar surface area (TPSA) is 9.23 Å². The molecule has 13 heavy (non-hydrogen) atoms. The summed E-state index contributed by atoms with van der Waals surface area (Å²) in [5, 5.41) is 0. The van der Waals surface area contributed by atoms with E-state index in [9.17, 15) is 0 Å². The lowest BCUT2D eigenvalue weighted by atomic mass is 10.2. The smallest absolute Gasteiger partial charge is 0.207 e. The van der Waals surface area contributed by atoms with Crippen LogP contribution < -0.4 is 0 Å². The molecular formula is C10H21ClOSi. The highest BCUT2D eigenvalue weighted by Gasteiger charge is 2.35. The number of hydrogen-bond donors (Lipinski definition) is 0. The van der Waals surface area contributed by atoms with E-state index in [1.165, 1.54) is 31.4 Å². The van der Waals surface area contributed by atoms with Crippen LogP contribution in [0.3, 0.4) is 0 Å². The summed E-state index contributed by atoms with van der Waals surface area (Å²) < 4.78 is 6.09. The van der Waals surface area contributed by atoms with Gasteiger partial charge in [0, 0.05) is 12.1 Å². The fourth-order valence-electron chi connectivity index (χ4n) is 1.86. The summed E-state index contributed by atoms with van der Waals surface area (Å²) in [6.45, 7) is 5.33. The van der Waals surface area contributed by atoms with Crippen molar-refractivity contribution >= 4 is 19.9 Å². The second-order valence-corrected chi connectivity index (χ2v) is 9.31. The highest BCUT2D eigenvalue weighted by molar-refractivity contribution is 6.80. The Balaban J connectivity index is 2.38. The van der Waals surface area contributed by atoms with Crippen molar-refractivity contribution in [1.82, 2.24) is 0 Å². The summed E-state index contributed by atoms with van der Waals surface area (Å²) in [4.78, 5) is 0. The summed E-state index contributed by atoms with van der Waals surface area (Å²) in [5.74, 6) is 0.648. The molecule has 0 aromatic heterocycles. The first kappa shape index (κ1) is 11.5. The van der Waals surface area contributed by atoms with Gasteiger partial charge in [0.25, 0.3) is 0 Å². The van der Waals surface area contributed by atoms with Gasteiger partial charge in [0.2, 0.25) is 8.32 Å². The van der Waals surface area contributed by atoms with Crippen molar-refractivity contribution in [2.45, 2.75) is 45.2 Å². The van der Waals surface area contributed by atoms with Gasteiger partial charge < -0.3 is 4.43 Å². The van der Waals surface area contributed by atoms with Gasteiger partial charge >= 0.3 is 0 Å². The molecule has 0 amide bonds. The number of rotatable bonds is 4. The van der Waals surface area contributed by atoms with Gasteiger partial charge in [0.15, 0.2) is 0 Å². The van der Waals surface area contributed by atoms with Gasteiger partial charge in [-0.2, -0.15) is 0 Å². The molecule has 0 unspecified atom stereocenters. The molecule has 1 aliphatic heterocycles. The van der Waals surface area contributed by atoms with Crippen molar-refractivity contribution < 1.29 is 4.43 Å². The van der Waals surface area contributed by atoms with E-state index in [-0.39, 0.29) is 0 Å². The number of alkyl halides is 1. The minimum atomic E-state index is -1.45. The van der Waals surface area contributed by atoms with Crippen LogP contribution in [-0.2, 0) is 4.43 Å². The summed E-state index contributed by atoms with van der Waals surface area (Å²) in [7, 11) is -1.45. The zero-order valence-corrected chi connectivity index (χ0v) is 10.6. The van der Waals surface area contributed by atoms with Crippen molar-refractivity contribution in [3.8, 4) is 0 Å². The summed E-state index contributed by atoms with van der Waals surface area (Å²) >= 11 is 6.06. The Kier molecular flexibility index (Phi) is 4.77. The maximum atomic E-state index is 6.09. The maximum absolute atomic E-state index is 6.09. The van der Waals surface area contributed by atoms with Crippen molar-refractivity contribution in [1.29, 1.82) is 0 Å². The van der Waals surface area contributed by atoms with Crippen molar-refractivity contribution in [3.63, 3.8) is 0 Å². The van der Waals surface area contributed by atoms with Crippen molar-refractivity contribution in [2.24, 2.45) is 5.92 Å². The van der Waals surface area contributed by atoms with E-state index in [1.807, 2.05) is 0 Å². The average Bonchev–Trinajstić information content (AvgIpc) is 2.16. The molecule has 0 atom stereocenters. The third-order valence-corrected chi connectivity index (χ3v) is 7.99. The maximum Gasteiger partial charge on any atom is 0.207 e. The highest BCUT2D eigenvalue weighted by atomic mass is 35.5. The molecule has 0 aliphatic carbocycles. The molecule has 1 fully saturated rings. The number of halogens is 1. The molecule has 3 heteroatoms. The van der Waals surface area contributed by atoms with Crippen LogP contribution in [0.4, 0.5) is 0 Å². The third-order valence-electron chi connectivity index (χ3n) is 2.73. The predicted octanol–water partition coefficient (Wildman–Crippen LogP) is 3.57. The molecular weight excluding hydrogens is 200 g/mol. The van der Waals surface area contributed by atoms with Gasteiger partial charge in [0.05, 0.1) is 0 Å². The molecule has 1 heterocycles. The van der Waals surface area contributed by atoms with Crippen LogP contribution in [0, 0.1) is 5.92 Å². The Morgan fingerprint density at radius 3 is 2.31 bits per heavy atom. The van der Waals surface area contributed by atoms with Crippen LogP contribution in [0.5, 0.6) is 0 Å². The van der Waals surface area contributed by atoms with E-state index in [1.54, 1.807) is 0 Å². The summed E-state index contributed by atoms with van der Waals surface area (Å²) in [6.07, 6.45) is 4.07. The monoisotopic (exact) mass is 220 g/mol. The van der Waals surface area contributed by atoms with E-state index in [4.69, 9.17) is 16.0 Å². The molecule has 0 aromatic carbocycles. The quantitative estimate of drug-likeness (QED) is 0.520. The van der Waals surface area contributed by atoms with Crippen LogP contribution in [0.1, 0.15) is 33.1 Å². The van der Waals surface area contributed by atoms with Crippen LogP contribution >= 0.6 is 11.6 Å². The molecule has 1 saturated heterocycles. The Bertz CT molecular complexity index is 144. The molecule has 78 valence electrons. The summed E-state index contributed by atoms with van der Waals surface area (Å²) in [6, 6.07) is 2.59. The third kappa shape index (κ3) is 3.60. The van der Waals surface area contributed by atoms with E-state index < -0.39 is 8.32 Å². The van der Waals surface area contributed by atoms with Gasteiger partial charge in [0.1, 0.15) is 0 Å². The normalized spacial score (nSPS) is 22.2. The molecule has 0 aromatic rings. The van der Waals surface area contributed by atoms with Crippen LogP contribution in [0.15, 0.2) is 0 Å². The van der Waals surface area contributed by atoms with E-state index in [2.05, 4.69) is 13.8 Å². The second-order valence-electron chi connectivity index (χ2n) is 4.58. The van der Waals surface area contributed by atoms with Gasteiger partial charge in [-0.25, -0.2) is 0 Å². The second kappa shape index (κ2) is 5.37. The van der Waals surface area contributed by atoms with Crippen LogP contribution in [0.25, 0.3) is 0 Å². The summed E-state index contributed by atoms with van der Waals surface area (Å²) in [5.41, 5.74) is 0.805. The average molecular weight is 221 g/mol. The predicted molar refractivity (Wildman–Crippen MR) is 60.7 cm³/mol. The first-order valence-electron chi connectivity index (χ1n) is 5.38. The molecule has 0 spiro atoms. The molecule has 1 nitrogen and oxygen atoms in total. The molecule has 0 saturated carbocycles. The molecule has 0 N–H and O–H groups in total. The van der Waals surface area contributed by atoms with Gasteiger partial charge in [-0.3, -0.25) is 0 Å². The standard InChI is InChI=1S/C10H21ClOSi/c1-10(2)8-12-13(9-11)6-4-3-5-7-13/h10H,3-9H2,1-2H3. The minimum absolute atomic E-state index is 0.648. The fourth-order valence-corrected chi connectivity index (χ4v) is 6.25. The van der Waals surface area contributed by atoms with Gasteiger partial charge in [-0.05, 0) is 18.0 Å². The largest absolute Gasteiger partial charge is 0.415 e. The molecule has 0 radical (unpaired) electrons. The zero-order valence-electron chi connectivity index (χ0n) is 8.81. The highest BCUT2D eigenvalue weighted by Crippen LogP contribution is 2.30. The van der Waals surface area contributed by atoms with Crippen LogP contribution in [0.2, 0.25) is 12.1 Å². The molecule has 1 aliphatic rings. The Morgan fingerprint density at radius 1 is 1.23 bits per heavy atom. The van der Waals surface area contributed by atoms with Crippen LogP contribution in [-0.4, -0.2) is 20.4 Å². The Hall–Kier alpha value is 0.467. The Morgan fingerprint density at radius 2 is 1.85 bits per heavy atom. The van der Waals surface area contributed by atoms with Crippen molar-refractivity contribution in [3.05, 3.63) is 0 Å². The fraction of sp³-hybridized carbons (Fsp3) is 1.00. The number of hydrogen-bond acceptors (Lipinski definition) is 1. The van der Waals surface area contributed by atoms with E-state index >= 15 is 0 Å². The molecule has 0 bridgehead atoms. The lowest BCUT2D eigenvalue weighted by Gasteiger charge is -2.33. The lowest BCUT2D eigenvalue weighted by Crippen LogP contribution is -2.43. The van der Waals surface area contributed by atoms with E-state index in [0.717, 1.165) is 12.1 Å². The SMILES string of the molecule is CC(C)CO[Si]1(CCl)CCCCC1. The van der Waals surface area contributed by atoms with Gasteiger partial charge in [-0.15, -0.1) is 11.6 Å². The van der Waals surface area contributed by atoms with Gasteiger partial charge in [-0.1, -0.05) is 33.1 Å². The Labute approximate surface area is 87.9 Å². The zero-order chi connectivity index (χ0) is 9.73.